The summed E-state index contributed by atoms with van der Waals surface area (Å²) in [5, 5.41) is 8.01. The number of carbonyl (C=O) groups excluding carboxylic acids is 1. The van der Waals surface area contributed by atoms with Gasteiger partial charge in [0.15, 0.2) is 5.03 Å². The van der Waals surface area contributed by atoms with Gasteiger partial charge in [-0.3, -0.25) is 14.6 Å². The minimum absolute atomic E-state index is 0.0201. The Bertz CT molecular complexity index is 792. The number of nitrogens with zero attached hydrogens (tertiary/aromatic N) is 1. The second-order valence-electron chi connectivity index (χ2n) is 3.77. The lowest BCUT2D eigenvalue weighted by Crippen LogP contribution is -2.25. The summed E-state index contributed by atoms with van der Waals surface area (Å²) in [6.45, 7) is 0. The molecule has 1 aromatic heterocycles. The Morgan fingerprint density at radius 2 is 2.19 bits per heavy atom. The highest BCUT2D eigenvalue weighted by atomic mass is 35.5. The molecular formula is C11H8ClFN4O3S. The number of halogens is 2. The van der Waals surface area contributed by atoms with Crippen molar-refractivity contribution in [1.82, 2.24) is 15.2 Å². The van der Waals surface area contributed by atoms with Gasteiger partial charge in [-0.25, -0.2) is 14.3 Å². The van der Waals surface area contributed by atoms with E-state index < -0.39 is 23.0 Å². The van der Waals surface area contributed by atoms with Crippen molar-refractivity contribution in [2.45, 2.75) is 5.03 Å². The average molecular weight is 331 g/mol. The monoisotopic (exact) mass is 330 g/mol. The number of hydrogen-bond donors (Lipinski definition) is 3. The van der Waals surface area contributed by atoms with Crippen molar-refractivity contribution in [1.29, 1.82) is 0 Å². The van der Waals surface area contributed by atoms with E-state index in [0.717, 1.165) is 17.8 Å². The second kappa shape index (κ2) is 6.55. The molecule has 110 valence electrons. The van der Waals surface area contributed by atoms with Gasteiger partial charge >= 0.3 is 5.69 Å². The Kier molecular flexibility index (Phi) is 4.76. The zero-order valence-electron chi connectivity index (χ0n) is 10.3. The van der Waals surface area contributed by atoms with Crippen molar-refractivity contribution < 1.29 is 9.18 Å². The molecule has 0 fully saturated rings. The zero-order valence-corrected chi connectivity index (χ0v) is 11.8. The van der Waals surface area contributed by atoms with Crippen molar-refractivity contribution in [3.05, 3.63) is 49.9 Å². The van der Waals surface area contributed by atoms with Gasteiger partial charge in [-0.05, 0) is 18.2 Å². The van der Waals surface area contributed by atoms with Gasteiger partial charge in [-0.1, -0.05) is 23.4 Å². The standard InChI is InChI=1S/C11H8ClFN4O3S/c12-5-1-2-7(6(13)3-5)14-8(18)4-21-10-9(19)15-11(20)17-16-10/h1-3H,4H2,(H,14,18)(H2,15,17,19,20). The fourth-order valence-corrected chi connectivity index (χ4v) is 2.14. The molecule has 0 spiro atoms. The molecule has 1 aromatic carbocycles. The first-order valence-corrected chi connectivity index (χ1v) is 6.89. The highest BCUT2D eigenvalue weighted by Crippen LogP contribution is 2.19. The predicted octanol–water partition coefficient (Wildman–Crippen LogP) is 0.981. The number of thioether (sulfide) groups is 1. The van der Waals surface area contributed by atoms with Crippen LogP contribution in [0.15, 0.2) is 32.8 Å². The molecule has 3 N–H and O–H groups in total. The van der Waals surface area contributed by atoms with Crippen LogP contribution in [0.5, 0.6) is 0 Å². The fourth-order valence-electron chi connectivity index (χ4n) is 1.35. The number of aromatic nitrogens is 3. The van der Waals surface area contributed by atoms with Crippen LogP contribution in [0.1, 0.15) is 0 Å². The highest BCUT2D eigenvalue weighted by molar-refractivity contribution is 7.99. The number of anilines is 1. The van der Waals surface area contributed by atoms with Crippen LogP contribution in [0, 0.1) is 5.82 Å². The maximum Gasteiger partial charge on any atom is 0.342 e. The summed E-state index contributed by atoms with van der Waals surface area (Å²) in [6.07, 6.45) is 0. The molecule has 0 aliphatic carbocycles. The molecule has 1 heterocycles. The van der Waals surface area contributed by atoms with Gasteiger partial charge in [0.05, 0.1) is 11.4 Å². The fraction of sp³-hybridized carbons (Fsp3) is 0.0909. The van der Waals surface area contributed by atoms with Crippen molar-refractivity contribution in [3.63, 3.8) is 0 Å². The first kappa shape index (κ1) is 15.3. The number of carbonyl (C=O) groups is 1. The van der Waals surface area contributed by atoms with Gasteiger partial charge in [0.1, 0.15) is 5.82 Å². The van der Waals surface area contributed by atoms with Crippen LogP contribution in [0.4, 0.5) is 10.1 Å². The summed E-state index contributed by atoms with van der Waals surface area (Å²) in [4.78, 5) is 35.7. The van der Waals surface area contributed by atoms with Gasteiger partial charge in [0.2, 0.25) is 5.91 Å². The summed E-state index contributed by atoms with van der Waals surface area (Å²) < 4.78 is 13.5. The number of benzene rings is 1. The molecule has 0 aliphatic rings. The molecule has 2 rings (SSSR count). The first-order chi connectivity index (χ1) is 9.95. The molecule has 0 saturated heterocycles. The van der Waals surface area contributed by atoms with Gasteiger partial charge < -0.3 is 5.32 Å². The number of rotatable bonds is 4. The van der Waals surface area contributed by atoms with E-state index in [9.17, 15) is 18.8 Å². The topological polar surface area (TPSA) is 108 Å². The smallest absolute Gasteiger partial charge is 0.323 e. The van der Waals surface area contributed by atoms with E-state index in [4.69, 9.17) is 11.6 Å². The molecule has 0 atom stereocenters. The third kappa shape index (κ3) is 4.17. The van der Waals surface area contributed by atoms with Gasteiger partial charge in [-0.2, -0.15) is 5.10 Å². The Morgan fingerprint density at radius 3 is 2.86 bits per heavy atom. The Hall–Kier alpha value is -2.13. The van der Waals surface area contributed by atoms with Crippen LogP contribution in [-0.4, -0.2) is 26.8 Å². The normalized spacial score (nSPS) is 10.4. The lowest BCUT2D eigenvalue weighted by molar-refractivity contribution is -0.113. The van der Waals surface area contributed by atoms with Crippen LogP contribution in [0.2, 0.25) is 5.02 Å². The summed E-state index contributed by atoms with van der Waals surface area (Å²) in [7, 11) is 0. The van der Waals surface area contributed by atoms with E-state index in [0.29, 0.717) is 0 Å². The largest absolute Gasteiger partial charge is 0.342 e. The van der Waals surface area contributed by atoms with Crippen molar-refractivity contribution in [2.24, 2.45) is 0 Å². The quantitative estimate of drug-likeness (QED) is 0.724. The van der Waals surface area contributed by atoms with Crippen molar-refractivity contribution in [3.8, 4) is 0 Å². The molecular weight excluding hydrogens is 323 g/mol. The SMILES string of the molecule is O=C(CSc1n[nH]c(=O)[nH]c1=O)Nc1ccc(Cl)cc1F. The number of amides is 1. The van der Waals surface area contributed by atoms with E-state index in [-0.39, 0.29) is 21.5 Å². The number of hydrogen-bond acceptors (Lipinski definition) is 5. The molecule has 0 saturated carbocycles. The number of nitrogens with one attached hydrogen (secondary N) is 3. The van der Waals surface area contributed by atoms with Crippen molar-refractivity contribution >= 4 is 35.0 Å². The van der Waals surface area contributed by atoms with Gasteiger partial charge in [-0.15, -0.1) is 0 Å². The van der Waals surface area contributed by atoms with Gasteiger partial charge in [0.25, 0.3) is 5.56 Å². The molecule has 0 aliphatic heterocycles. The van der Waals surface area contributed by atoms with Crippen LogP contribution in [0.3, 0.4) is 0 Å². The molecule has 10 heteroatoms. The Morgan fingerprint density at radius 1 is 1.43 bits per heavy atom. The summed E-state index contributed by atoms with van der Waals surface area (Å²) >= 11 is 6.40. The van der Waals surface area contributed by atoms with E-state index in [1.165, 1.54) is 12.1 Å². The maximum absolute atomic E-state index is 13.5. The van der Waals surface area contributed by atoms with Crippen molar-refractivity contribution in [2.75, 3.05) is 11.1 Å². The minimum Gasteiger partial charge on any atom is -0.323 e. The molecule has 1 amide bonds. The molecule has 2 aromatic rings. The van der Waals surface area contributed by atoms with E-state index in [2.05, 4.69) is 10.4 Å². The third-order valence-corrected chi connectivity index (χ3v) is 3.42. The first-order valence-electron chi connectivity index (χ1n) is 5.52. The van der Waals surface area contributed by atoms with Crippen LogP contribution in [-0.2, 0) is 4.79 Å². The second-order valence-corrected chi connectivity index (χ2v) is 5.17. The lowest BCUT2D eigenvalue weighted by atomic mass is 10.3. The highest BCUT2D eigenvalue weighted by Gasteiger charge is 2.10. The average Bonchev–Trinajstić information content (AvgIpc) is 2.41. The van der Waals surface area contributed by atoms with Gasteiger partial charge in [0, 0.05) is 5.02 Å². The van der Waals surface area contributed by atoms with E-state index >= 15 is 0 Å². The molecule has 7 nitrogen and oxygen atoms in total. The minimum atomic E-state index is -0.739. The summed E-state index contributed by atoms with van der Waals surface area (Å²) in [5.74, 6) is -1.38. The van der Waals surface area contributed by atoms with Crippen LogP contribution < -0.4 is 16.6 Å². The lowest BCUT2D eigenvalue weighted by Gasteiger charge is -2.05. The number of H-pyrrole nitrogens is 2. The zero-order chi connectivity index (χ0) is 15.4. The summed E-state index contributed by atoms with van der Waals surface area (Å²) in [5.41, 5.74) is -1.46. The molecule has 0 unspecified atom stereocenters. The molecule has 0 bridgehead atoms. The molecule has 0 radical (unpaired) electrons. The van der Waals surface area contributed by atoms with E-state index in [1.807, 2.05) is 10.1 Å². The summed E-state index contributed by atoms with van der Waals surface area (Å²) in [6, 6.07) is 3.82. The molecule has 21 heavy (non-hydrogen) atoms. The number of aromatic amines is 2. The Labute approximate surface area is 125 Å². The van der Waals surface area contributed by atoms with Crippen LogP contribution >= 0.6 is 23.4 Å². The Balaban J connectivity index is 1.99. The van der Waals surface area contributed by atoms with Crippen LogP contribution in [0.25, 0.3) is 0 Å². The third-order valence-electron chi connectivity index (χ3n) is 2.23. The maximum atomic E-state index is 13.5. The predicted molar refractivity (Wildman–Crippen MR) is 76.2 cm³/mol. The van der Waals surface area contributed by atoms with E-state index in [1.54, 1.807) is 0 Å².